The molecule has 0 bridgehead atoms. The third kappa shape index (κ3) is 3.86. The van der Waals surface area contributed by atoms with E-state index in [-0.39, 0.29) is 6.09 Å². The Balaban J connectivity index is 1.76. The number of hydrogen-bond acceptors (Lipinski definition) is 3. The van der Waals surface area contributed by atoms with Crippen molar-refractivity contribution < 1.29 is 9.53 Å². The molecule has 0 spiro atoms. The largest absolute Gasteiger partial charge is 0.443 e. The van der Waals surface area contributed by atoms with Gasteiger partial charge in [-0.3, -0.25) is 4.90 Å². The van der Waals surface area contributed by atoms with Gasteiger partial charge in [-0.25, -0.2) is 4.79 Å². The zero-order chi connectivity index (χ0) is 16.4. The van der Waals surface area contributed by atoms with Gasteiger partial charge >= 0.3 is 6.09 Å². The van der Waals surface area contributed by atoms with E-state index in [0.29, 0.717) is 5.92 Å². The van der Waals surface area contributed by atoms with Crippen LogP contribution in [0.5, 0.6) is 0 Å². The summed E-state index contributed by atoms with van der Waals surface area (Å²) in [5, 5.41) is 3.49. The third-order valence-electron chi connectivity index (χ3n) is 4.65. The van der Waals surface area contributed by atoms with Crippen molar-refractivity contribution in [3.63, 3.8) is 0 Å². The molecule has 126 valence electrons. The highest BCUT2D eigenvalue weighted by molar-refractivity contribution is 5.90. The van der Waals surface area contributed by atoms with Crippen LogP contribution in [-0.2, 0) is 17.6 Å². The monoisotopic (exact) mass is 316 g/mol. The van der Waals surface area contributed by atoms with Gasteiger partial charge in [-0.15, -0.1) is 0 Å². The number of benzene rings is 1. The van der Waals surface area contributed by atoms with Crippen LogP contribution in [0.25, 0.3) is 0 Å². The molecule has 2 aliphatic rings. The maximum Gasteiger partial charge on any atom is 0.414 e. The van der Waals surface area contributed by atoms with Gasteiger partial charge in [-0.2, -0.15) is 0 Å². The lowest BCUT2D eigenvalue weighted by Crippen LogP contribution is -2.35. The van der Waals surface area contributed by atoms with Crippen LogP contribution in [0.3, 0.4) is 0 Å². The van der Waals surface area contributed by atoms with E-state index in [4.69, 9.17) is 4.74 Å². The molecule has 0 aromatic heterocycles. The summed E-state index contributed by atoms with van der Waals surface area (Å²) in [5.41, 5.74) is 3.33. The minimum absolute atomic E-state index is 0.229. The minimum atomic E-state index is -0.453. The Bertz CT molecular complexity index is 571. The van der Waals surface area contributed by atoms with Crippen molar-refractivity contribution in [1.29, 1.82) is 0 Å². The van der Waals surface area contributed by atoms with Crippen molar-refractivity contribution in [1.82, 2.24) is 5.32 Å². The molecule has 3 rings (SSSR count). The smallest absolute Gasteiger partial charge is 0.414 e. The molecule has 1 aromatic rings. The number of carbonyl (C=O) groups excluding carboxylic acids is 1. The summed E-state index contributed by atoms with van der Waals surface area (Å²) in [6.07, 6.45) is 4.38. The summed E-state index contributed by atoms with van der Waals surface area (Å²) in [6.45, 7) is 8.72. The molecule has 0 radical (unpaired) electrons. The first-order chi connectivity index (χ1) is 10.9. The number of nitrogens with one attached hydrogen (secondary N) is 1. The highest BCUT2D eigenvalue weighted by atomic mass is 16.6. The van der Waals surface area contributed by atoms with Crippen molar-refractivity contribution in [3.8, 4) is 0 Å². The average Bonchev–Trinajstić information content (AvgIpc) is 2.92. The third-order valence-corrected chi connectivity index (χ3v) is 4.65. The summed E-state index contributed by atoms with van der Waals surface area (Å²) >= 11 is 0. The Kier molecular flexibility index (Phi) is 4.62. The van der Waals surface area contributed by atoms with E-state index in [0.717, 1.165) is 38.2 Å². The second kappa shape index (κ2) is 6.52. The van der Waals surface area contributed by atoms with Crippen LogP contribution < -0.4 is 10.2 Å². The van der Waals surface area contributed by atoms with Gasteiger partial charge in [0.15, 0.2) is 0 Å². The zero-order valence-electron chi connectivity index (χ0n) is 14.5. The van der Waals surface area contributed by atoms with Gasteiger partial charge < -0.3 is 10.1 Å². The number of anilines is 1. The van der Waals surface area contributed by atoms with E-state index in [1.807, 2.05) is 20.8 Å². The van der Waals surface area contributed by atoms with E-state index in [1.165, 1.54) is 24.0 Å². The first kappa shape index (κ1) is 16.3. The van der Waals surface area contributed by atoms with Gasteiger partial charge in [0.1, 0.15) is 5.60 Å². The van der Waals surface area contributed by atoms with Crippen molar-refractivity contribution in [2.45, 2.75) is 52.1 Å². The summed E-state index contributed by atoms with van der Waals surface area (Å²) in [5.74, 6) is 0.714. The lowest BCUT2D eigenvalue weighted by Gasteiger charge is -2.25. The fourth-order valence-corrected chi connectivity index (χ4v) is 3.61. The van der Waals surface area contributed by atoms with Crippen molar-refractivity contribution >= 4 is 11.8 Å². The molecule has 2 aliphatic heterocycles. The first-order valence-corrected chi connectivity index (χ1v) is 8.76. The predicted octanol–water partition coefficient (Wildman–Crippen LogP) is 3.53. The maximum atomic E-state index is 12.4. The second-order valence-corrected chi connectivity index (χ2v) is 7.71. The topological polar surface area (TPSA) is 41.6 Å². The van der Waals surface area contributed by atoms with Crippen LogP contribution >= 0.6 is 0 Å². The highest BCUT2D eigenvalue weighted by Crippen LogP contribution is 2.33. The summed E-state index contributed by atoms with van der Waals surface area (Å²) < 4.78 is 5.55. The maximum absolute atomic E-state index is 12.4. The first-order valence-electron chi connectivity index (χ1n) is 8.76. The molecule has 1 saturated heterocycles. The van der Waals surface area contributed by atoms with E-state index in [2.05, 4.69) is 23.5 Å². The molecular weight excluding hydrogens is 288 g/mol. The molecule has 23 heavy (non-hydrogen) atoms. The molecule has 2 heterocycles. The fourth-order valence-electron chi connectivity index (χ4n) is 3.61. The summed E-state index contributed by atoms with van der Waals surface area (Å²) in [4.78, 5) is 14.2. The Hall–Kier alpha value is -1.55. The van der Waals surface area contributed by atoms with E-state index >= 15 is 0 Å². The van der Waals surface area contributed by atoms with Crippen LogP contribution in [0.2, 0.25) is 0 Å². The molecule has 4 nitrogen and oxygen atoms in total. The number of rotatable bonds is 2. The molecule has 1 amide bonds. The number of nitrogens with zero attached hydrogens (tertiary/aromatic N) is 1. The van der Waals surface area contributed by atoms with Gasteiger partial charge in [-0.05, 0) is 82.7 Å². The molecule has 0 saturated carbocycles. The zero-order valence-corrected chi connectivity index (χ0v) is 14.5. The van der Waals surface area contributed by atoms with Crippen molar-refractivity contribution in [2.75, 3.05) is 24.5 Å². The van der Waals surface area contributed by atoms with E-state index in [9.17, 15) is 4.79 Å². The molecule has 1 unspecified atom stereocenters. The molecule has 4 heteroatoms. The SMILES string of the molecule is CC(C)(C)OC(=O)N1CCc2c(CC3CCCNC3)cccc21. The standard InChI is InChI=1S/C19H28N2O2/c1-19(2,3)23-18(22)21-11-9-16-15(7-4-8-17(16)21)12-14-6-5-10-20-13-14/h4,7-8,14,20H,5-6,9-13H2,1-3H3. The van der Waals surface area contributed by atoms with Crippen LogP contribution in [0.4, 0.5) is 10.5 Å². The molecule has 1 fully saturated rings. The van der Waals surface area contributed by atoms with Crippen LogP contribution in [0, 0.1) is 5.92 Å². The quantitative estimate of drug-likeness (QED) is 0.907. The van der Waals surface area contributed by atoms with Gasteiger partial charge in [0.2, 0.25) is 0 Å². The number of amides is 1. The average molecular weight is 316 g/mol. The number of hydrogen-bond donors (Lipinski definition) is 1. The van der Waals surface area contributed by atoms with Crippen LogP contribution in [0.1, 0.15) is 44.7 Å². The summed E-state index contributed by atoms with van der Waals surface area (Å²) in [7, 11) is 0. The van der Waals surface area contributed by atoms with Crippen LogP contribution in [0.15, 0.2) is 18.2 Å². The van der Waals surface area contributed by atoms with Crippen molar-refractivity contribution in [3.05, 3.63) is 29.3 Å². The minimum Gasteiger partial charge on any atom is -0.443 e. The van der Waals surface area contributed by atoms with Crippen molar-refractivity contribution in [2.24, 2.45) is 5.92 Å². The fraction of sp³-hybridized carbons (Fsp3) is 0.632. The Morgan fingerprint density at radius 2 is 2.22 bits per heavy atom. The van der Waals surface area contributed by atoms with E-state index < -0.39 is 5.60 Å². The number of piperidine rings is 1. The molecule has 1 N–H and O–H groups in total. The predicted molar refractivity (Wildman–Crippen MR) is 93.0 cm³/mol. The van der Waals surface area contributed by atoms with E-state index in [1.54, 1.807) is 4.90 Å². The van der Waals surface area contributed by atoms with Crippen LogP contribution in [-0.4, -0.2) is 31.3 Å². The van der Waals surface area contributed by atoms with Gasteiger partial charge in [-0.1, -0.05) is 12.1 Å². The summed E-state index contributed by atoms with van der Waals surface area (Å²) in [6, 6.07) is 6.36. The van der Waals surface area contributed by atoms with Gasteiger partial charge in [0, 0.05) is 6.54 Å². The Morgan fingerprint density at radius 1 is 1.39 bits per heavy atom. The van der Waals surface area contributed by atoms with Gasteiger partial charge in [0.05, 0.1) is 5.69 Å². The Morgan fingerprint density at radius 3 is 2.91 bits per heavy atom. The van der Waals surface area contributed by atoms with Gasteiger partial charge in [0.25, 0.3) is 0 Å². The normalized spacial score (nSPS) is 21.2. The highest BCUT2D eigenvalue weighted by Gasteiger charge is 2.30. The lowest BCUT2D eigenvalue weighted by molar-refractivity contribution is 0.0584. The number of carbonyl (C=O) groups is 1. The Labute approximate surface area is 139 Å². The molecule has 1 aromatic carbocycles. The molecule has 0 aliphatic carbocycles. The molecule has 1 atom stereocenters. The lowest BCUT2D eigenvalue weighted by atomic mass is 9.89. The number of ether oxygens (including phenoxy) is 1. The second-order valence-electron chi connectivity index (χ2n) is 7.71. The number of fused-ring (bicyclic) bond motifs is 1. The molecular formula is C19H28N2O2.